The van der Waals surface area contributed by atoms with E-state index in [1.807, 2.05) is 4.90 Å². The normalized spacial score (nSPS) is 24.6. The van der Waals surface area contributed by atoms with Crippen LogP contribution < -0.4 is 10.6 Å². The van der Waals surface area contributed by atoms with Crippen LogP contribution in [0.3, 0.4) is 0 Å². The number of aromatic nitrogens is 2. The van der Waals surface area contributed by atoms with Crippen LogP contribution in [0, 0.1) is 5.92 Å². The van der Waals surface area contributed by atoms with Crippen molar-refractivity contribution < 1.29 is 10.3 Å². The maximum atomic E-state index is 9.39. The third kappa shape index (κ3) is 2.21. The highest BCUT2D eigenvalue weighted by Crippen LogP contribution is 2.27. The van der Waals surface area contributed by atoms with Crippen molar-refractivity contribution in [3.63, 3.8) is 0 Å². The molecule has 2 heterocycles. The number of rotatable bonds is 3. The fraction of sp³-hybridized carbons (Fsp3) is 0.545. The van der Waals surface area contributed by atoms with Gasteiger partial charge in [0.05, 0.1) is 25.0 Å². The van der Waals surface area contributed by atoms with E-state index in [4.69, 9.17) is 10.9 Å². The lowest BCUT2D eigenvalue weighted by Gasteiger charge is -2.25. The van der Waals surface area contributed by atoms with Crippen molar-refractivity contribution in [2.75, 3.05) is 18.1 Å². The van der Waals surface area contributed by atoms with Gasteiger partial charge in [-0.15, -0.1) is 0 Å². The molecule has 1 fully saturated rings. The molecule has 18 heavy (non-hydrogen) atoms. The van der Waals surface area contributed by atoms with Crippen LogP contribution in [0.4, 0.5) is 5.82 Å². The van der Waals surface area contributed by atoms with E-state index in [1.54, 1.807) is 6.20 Å². The van der Waals surface area contributed by atoms with Crippen molar-refractivity contribution >= 4 is 11.7 Å². The Morgan fingerprint density at radius 3 is 2.89 bits per heavy atom. The monoisotopic (exact) mass is 251 g/mol. The molecule has 2 rings (SSSR count). The van der Waals surface area contributed by atoms with Crippen molar-refractivity contribution in [1.82, 2.24) is 9.97 Å². The van der Waals surface area contributed by atoms with Crippen LogP contribution >= 0.6 is 0 Å². The number of anilines is 1. The third-order valence-corrected chi connectivity index (χ3v) is 3.37. The standard InChI is InChI=1S/C11H17N5O2/c1-7-2-3-16(9(7)6-17)10-5-13-8(4-14-10)11(12)15-18/h4-5,7,9,17-18H,2-3,6H2,1H3,(H2,12,15). The van der Waals surface area contributed by atoms with Gasteiger partial charge in [0.25, 0.3) is 0 Å². The molecule has 0 bridgehead atoms. The number of aliphatic hydroxyl groups excluding tert-OH is 1. The average molecular weight is 251 g/mol. The average Bonchev–Trinajstić information content (AvgIpc) is 2.79. The highest BCUT2D eigenvalue weighted by Gasteiger charge is 2.31. The largest absolute Gasteiger partial charge is 0.409 e. The molecular weight excluding hydrogens is 234 g/mol. The molecule has 0 amide bonds. The van der Waals surface area contributed by atoms with E-state index in [0.717, 1.165) is 13.0 Å². The Hall–Kier alpha value is -1.89. The minimum absolute atomic E-state index is 0.0671. The van der Waals surface area contributed by atoms with Crippen LogP contribution in [-0.4, -0.2) is 45.3 Å². The Morgan fingerprint density at radius 2 is 2.33 bits per heavy atom. The topological polar surface area (TPSA) is 108 Å². The van der Waals surface area contributed by atoms with Crippen LogP contribution in [0.25, 0.3) is 0 Å². The highest BCUT2D eigenvalue weighted by molar-refractivity contribution is 5.94. The zero-order valence-electron chi connectivity index (χ0n) is 10.2. The van der Waals surface area contributed by atoms with Gasteiger partial charge in [0.15, 0.2) is 5.84 Å². The van der Waals surface area contributed by atoms with E-state index in [0.29, 0.717) is 17.4 Å². The molecule has 98 valence electrons. The maximum Gasteiger partial charge on any atom is 0.190 e. The summed E-state index contributed by atoms with van der Waals surface area (Å²) in [5.74, 6) is 1.07. The van der Waals surface area contributed by atoms with Gasteiger partial charge < -0.3 is 20.9 Å². The predicted molar refractivity (Wildman–Crippen MR) is 66.5 cm³/mol. The molecule has 0 spiro atoms. The second kappa shape index (κ2) is 5.18. The Bertz CT molecular complexity index is 434. The first-order valence-corrected chi connectivity index (χ1v) is 5.84. The molecule has 2 atom stereocenters. The Balaban J connectivity index is 2.19. The van der Waals surface area contributed by atoms with E-state index in [2.05, 4.69) is 22.0 Å². The van der Waals surface area contributed by atoms with Crippen molar-refractivity contribution in [3.8, 4) is 0 Å². The number of hydrogen-bond donors (Lipinski definition) is 3. The van der Waals surface area contributed by atoms with Gasteiger partial charge in [-0.2, -0.15) is 0 Å². The lowest BCUT2D eigenvalue weighted by atomic mass is 10.0. The summed E-state index contributed by atoms with van der Waals surface area (Å²) in [5.41, 5.74) is 5.75. The van der Waals surface area contributed by atoms with Gasteiger partial charge in [-0.05, 0) is 12.3 Å². The van der Waals surface area contributed by atoms with Crippen LogP contribution in [0.15, 0.2) is 17.5 Å². The van der Waals surface area contributed by atoms with Gasteiger partial charge in [-0.3, -0.25) is 0 Å². The smallest absolute Gasteiger partial charge is 0.190 e. The summed E-state index contributed by atoms with van der Waals surface area (Å²) in [6.07, 6.45) is 4.06. The van der Waals surface area contributed by atoms with Crippen molar-refractivity contribution in [2.24, 2.45) is 16.8 Å². The Kier molecular flexibility index (Phi) is 3.61. The van der Waals surface area contributed by atoms with Gasteiger partial charge in [-0.1, -0.05) is 12.1 Å². The number of nitrogens with zero attached hydrogens (tertiary/aromatic N) is 4. The van der Waals surface area contributed by atoms with E-state index in [9.17, 15) is 5.11 Å². The molecule has 2 unspecified atom stereocenters. The van der Waals surface area contributed by atoms with Gasteiger partial charge >= 0.3 is 0 Å². The molecule has 7 nitrogen and oxygen atoms in total. The molecule has 7 heteroatoms. The second-order valence-electron chi connectivity index (χ2n) is 4.45. The fourth-order valence-electron chi connectivity index (χ4n) is 2.22. The molecule has 1 aliphatic rings. The van der Waals surface area contributed by atoms with E-state index >= 15 is 0 Å². The number of hydrogen-bond acceptors (Lipinski definition) is 6. The van der Waals surface area contributed by atoms with Gasteiger partial charge in [0.2, 0.25) is 0 Å². The zero-order valence-corrected chi connectivity index (χ0v) is 10.2. The first-order valence-electron chi connectivity index (χ1n) is 5.84. The van der Waals surface area contributed by atoms with Crippen molar-refractivity contribution in [2.45, 2.75) is 19.4 Å². The number of aliphatic hydroxyl groups is 1. The number of amidine groups is 1. The lowest BCUT2D eigenvalue weighted by Crippen LogP contribution is -2.35. The van der Waals surface area contributed by atoms with Crippen molar-refractivity contribution in [3.05, 3.63) is 18.1 Å². The van der Waals surface area contributed by atoms with Gasteiger partial charge in [-0.25, -0.2) is 9.97 Å². The summed E-state index contributed by atoms with van der Waals surface area (Å²) in [5, 5.41) is 20.8. The van der Waals surface area contributed by atoms with E-state index in [-0.39, 0.29) is 18.5 Å². The molecular formula is C11H17N5O2. The van der Waals surface area contributed by atoms with Crippen LogP contribution in [-0.2, 0) is 0 Å². The van der Waals surface area contributed by atoms with Crippen LogP contribution in [0.1, 0.15) is 19.0 Å². The first-order chi connectivity index (χ1) is 8.67. The molecule has 0 radical (unpaired) electrons. The van der Waals surface area contributed by atoms with Crippen LogP contribution in [0.2, 0.25) is 0 Å². The maximum absolute atomic E-state index is 9.39. The van der Waals surface area contributed by atoms with Crippen LogP contribution in [0.5, 0.6) is 0 Å². The molecule has 1 aromatic heterocycles. The second-order valence-corrected chi connectivity index (χ2v) is 4.45. The predicted octanol–water partition coefficient (Wildman–Crippen LogP) is -0.222. The molecule has 1 aromatic rings. The summed E-state index contributed by atoms with van der Waals surface area (Å²) in [4.78, 5) is 10.4. The van der Waals surface area contributed by atoms with Gasteiger partial charge in [0, 0.05) is 6.54 Å². The van der Waals surface area contributed by atoms with Gasteiger partial charge in [0.1, 0.15) is 11.5 Å². The summed E-state index contributed by atoms with van der Waals surface area (Å²) < 4.78 is 0. The van der Waals surface area contributed by atoms with E-state index < -0.39 is 0 Å². The Labute approximate surface area is 105 Å². The summed E-state index contributed by atoms with van der Waals surface area (Å²) >= 11 is 0. The quantitative estimate of drug-likeness (QED) is 0.296. The lowest BCUT2D eigenvalue weighted by molar-refractivity contribution is 0.244. The zero-order chi connectivity index (χ0) is 13.1. The molecule has 0 aromatic carbocycles. The van der Waals surface area contributed by atoms with Crippen molar-refractivity contribution in [1.29, 1.82) is 0 Å². The summed E-state index contributed by atoms with van der Waals surface area (Å²) in [6.45, 7) is 3.06. The molecule has 1 saturated heterocycles. The number of nitrogens with two attached hydrogens (primary N) is 1. The third-order valence-electron chi connectivity index (χ3n) is 3.37. The highest BCUT2D eigenvalue weighted by atomic mass is 16.4. The SMILES string of the molecule is CC1CCN(c2cnc(C(N)=NO)cn2)C1CO. The first kappa shape index (κ1) is 12.6. The van der Waals surface area contributed by atoms with E-state index in [1.165, 1.54) is 6.20 Å². The molecule has 0 aliphatic carbocycles. The summed E-state index contributed by atoms with van der Waals surface area (Å²) in [7, 11) is 0. The molecule has 0 saturated carbocycles. The molecule has 4 N–H and O–H groups in total. The summed E-state index contributed by atoms with van der Waals surface area (Å²) in [6, 6.07) is 0.0778. The fourth-order valence-corrected chi connectivity index (χ4v) is 2.22. The molecule has 1 aliphatic heterocycles. The number of oxime groups is 1. The minimum atomic E-state index is -0.0671. The minimum Gasteiger partial charge on any atom is -0.409 e. The Morgan fingerprint density at radius 1 is 1.56 bits per heavy atom.